The van der Waals surface area contributed by atoms with E-state index < -0.39 is 6.09 Å². The van der Waals surface area contributed by atoms with Crippen LogP contribution in [0, 0.1) is 0 Å². The summed E-state index contributed by atoms with van der Waals surface area (Å²) >= 11 is 0. The first kappa shape index (κ1) is 4.76. The molecule has 0 spiro atoms. The molecule has 1 aliphatic rings. The molecule has 0 fully saturated rings. The Hall–Kier alpha value is -1.39. The largest absolute Gasteiger partial charge is 0.462 e. The van der Waals surface area contributed by atoms with Crippen molar-refractivity contribution in [2.45, 2.75) is 0 Å². The van der Waals surface area contributed by atoms with Gasteiger partial charge in [-0.2, -0.15) is 0 Å². The number of rotatable bonds is 0. The summed E-state index contributed by atoms with van der Waals surface area (Å²) in [5.41, 5.74) is 2.29. The molecule has 0 atom stereocenters. The second-order valence-corrected chi connectivity index (χ2v) is 1.11. The average molecular weight is 116 g/mol. The highest BCUT2D eigenvalue weighted by Crippen LogP contribution is 1.93. The van der Waals surface area contributed by atoms with Gasteiger partial charge in [-0.3, -0.25) is 5.43 Å². The van der Waals surface area contributed by atoms with E-state index in [2.05, 4.69) is 10.3 Å². The molecule has 2 N–H and O–H groups in total. The summed E-state index contributed by atoms with van der Waals surface area (Å²) in [6, 6.07) is 0. The lowest BCUT2D eigenvalue weighted by Crippen LogP contribution is -2.33. The van der Waals surface area contributed by atoms with Gasteiger partial charge in [-0.05, 0) is 5.17 Å². The Morgan fingerprint density at radius 1 is 1.88 bits per heavy atom. The highest BCUT2D eigenvalue weighted by Gasteiger charge is 2.12. The third-order valence-corrected chi connectivity index (χ3v) is 0.600. The lowest BCUT2D eigenvalue weighted by molar-refractivity contribution is -0.0833. The van der Waals surface area contributed by atoms with Crippen molar-refractivity contribution in [2.75, 3.05) is 0 Å². The molecular formula is C3H4N2O3. The molecular weight excluding hydrogens is 112 g/mol. The second-order valence-electron chi connectivity index (χ2n) is 1.11. The predicted molar refractivity (Wildman–Crippen MR) is 23.2 cm³/mol. The summed E-state index contributed by atoms with van der Waals surface area (Å²) in [6.45, 7) is 0. The molecule has 0 bridgehead atoms. The number of carboxylic acid groups (broad SMARTS) is 1. The summed E-state index contributed by atoms with van der Waals surface area (Å²) in [7, 11) is 0. The summed E-state index contributed by atoms with van der Waals surface area (Å²) in [5.74, 6) is 0. The SMILES string of the molecule is O=C(O)N1NC=CO1. The van der Waals surface area contributed by atoms with Gasteiger partial charge in [0.15, 0.2) is 0 Å². The van der Waals surface area contributed by atoms with Gasteiger partial charge in [-0.15, -0.1) is 0 Å². The highest BCUT2D eigenvalue weighted by atomic mass is 16.7. The minimum absolute atomic E-state index is 0.583. The normalized spacial score (nSPS) is 15.2. The first-order valence-electron chi connectivity index (χ1n) is 1.92. The van der Waals surface area contributed by atoms with Gasteiger partial charge in [-0.25, -0.2) is 4.79 Å². The van der Waals surface area contributed by atoms with Gasteiger partial charge < -0.3 is 9.94 Å². The zero-order valence-corrected chi connectivity index (χ0v) is 3.87. The molecule has 0 aromatic rings. The molecule has 5 heteroatoms. The Kier molecular flexibility index (Phi) is 0.957. The average Bonchev–Trinajstić information content (AvgIpc) is 2.12. The van der Waals surface area contributed by atoms with Crippen LogP contribution in [0.4, 0.5) is 4.79 Å². The maximum Gasteiger partial charge on any atom is 0.461 e. The molecule has 1 heterocycles. The van der Waals surface area contributed by atoms with Crippen LogP contribution in [0.1, 0.15) is 0 Å². The summed E-state index contributed by atoms with van der Waals surface area (Å²) < 4.78 is 0. The molecule has 0 aromatic carbocycles. The number of hydroxylamine groups is 1. The molecule has 0 aromatic heterocycles. The molecule has 0 saturated carbocycles. The molecule has 1 aliphatic heterocycles. The fourth-order valence-electron chi connectivity index (χ4n) is 0.320. The van der Waals surface area contributed by atoms with Crippen LogP contribution in [0.3, 0.4) is 0 Å². The number of hydrazine groups is 1. The zero-order valence-electron chi connectivity index (χ0n) is 3.87. The van der Waals surface area contributed by atoms with E-state index in [0.717, 1.165) is 0 Å². The second kappa shape index (κ2) is 1.61. The lowest BCUT2D eigenvalue weighted by atomic mass is 11.0. The molecule has 0 unspecified atom stereocenters. The highest BCUT2D eigenvalue weighted by molar-refractivity contribution is 5.63. The van der Waals surface area contributed by atoms with Crippen molar-refractivity contribution >= 4 is 6.09 Å². The van der Waals surface area contributed by atoms with Crippen molar-refractivity contribution in [3.8, 4) is 0 Å². The van der Waals surface area contributed by atoms with Gasteiger partial charge in [0.2, 0.25) is 0 Å². The molecule has 0 aliphatic carbocycles. The van der Waals surface area contributed by atoms with Crippen molar-refractivity contribution < 1.29 is 14.7 Å². The summed E-state index contributed by atoms with van der Waals surface area (Å²) in [4.78, 5) is 14.3. The van der Waals surface area contributed by atoms with E-state index in [1.807, 2.05) is 0 Å². The molecule has 0 saturated heterocycles. The fraction of sp³-hybridized carbons (Fsp3) is 0. The number of amides is 1. The van der Waals surface area contributed by atoms with E-state index in [1.54, 1.807) is 0 Å². The molecule has 0 radical (unpaired) electrons. The van der Waals surface area contributed by atoms with E-state index in [-0.39, 0.29) is 0 Å². The first-order chi connectivity index (χ1) is 3.80. The van der Waals surface area contributed by atoms with Gasteiger partial charge in [0.25, 0.3) is 0 Å². The summed E-state index contributed by atoms with van der Waals surface area (Å²) in [5, 5.41) is 8.70. The number of hydrogen-bond donors (Lipinski definition) is 2. The van der Waals surface area contributed by atoms with Crippen LogP contribution in [0.15, 0.2) is 12.5 Å². The van der Waals surface area contributed by atoms with Crippen molar-refractivity contribution in [2.24, 2.45) is 0 Å². The van der Waals surface area contributed by atoms with E-state index in [1.165, 1.54) is 12.5 Å². The van der Waals surface area contributed by atoms with Gasteiger partial charge in [0.05, 0.1) is 6.20 Å². The third-order valence-electron chi connectivity index (χ3n) is 0.600. The Morgan fingerprint density at radius 2 is 2.62 bits per heavy atom. The number of nitrogens with one attached hydrogen (secondary N) is 1. The van der Waals surface area contributed by atoms with E-state index in [0.29, 0.717) is 5.17 Å². The molecule has 1 amide bonds. The predicted octanol–water partition coefficient (Wildman–Crippen LogP) is -0.113. The molecule has 1 rings (SSSR count). The minimum atomic E-state index is -1.17. The molecule has 44 valence electrons. The standard InChI is InChI=1S/C3H4N2O3/c6-3(7)5-4-1-2-8-5/h1-2,4H,(H,6,7). The Balaban J connectivity index is 2.41. The van der Waals surface area contributed by atoms with Crippen molar-refractivity contribution in [1.29, 1.82) is 0 Å². The first-order valence-corrected chi connectivity index (χ1v) is 1.92. The van der Waals surface area contributed by atoms with Crippen molar-refractivity contribution in [3.63, 3.8) is 0 Å². The van der Waals surface area contributed by atoms with Crippen LogP contribution in [-0.2, 0) is 4.84 Å². The van der Waals surface area contributed by atoms with E-state index in [9.17, 15) is 4.79 Å². The number of nitrogens with zero attached hydrogens (tertiary/aromatic N) is 1. The Labute approximate surface area is 45.1 Å². The van der Waals surface area contributed by atoms with Crippen molar-refractivity contribution in [1.82, 2.24) is 10.6 Å². The summed E-state index contributed by atoms with van der Waals surface area (Å²) in [6.07, 6.45) is 1.43. The van der Waals surface area contributed by atoms with Gasteiger partial charge in [-0.1, -0.05) is 0 Å². The maximum atomic E-state index is 9.90. The maximum absolute atomic E-state index is 9.90. The zero-order chi connectivity index (χ0) is 5.98. The minimum Gasteiger partial charge on any atom is -0.462 e. The van der Waals surface area contributed by atoms with Crippen molar-refractivity contribution in [3.05, 3.63) is 12.5 Å². The van der Waals surface area contributed by atoms with Crippen LogP contribution in [0.25, 0.3) is 0 Å². The van der Waals surface area contributed by atoms with Crippen LogP contribution in [-0.4, -0.2) is 16.4 Å². The monoisotopic (exact) mass is 116 g/mol. The van der Waals surface area contributed by atoms with Gasteiger partial charge in [0, 0.05) is 0 Å². The third kappa shape index (κ3) is 0.651. The Morgan fingerprint density at radius 3 is 2.88 bits per heavy atom. The Bertz CT molecular complexity index is 124. The molecule has 5 nitrogen and oxygen atoms in total. The van der Waals surface area contributed by atoms with E-state index in [4.69, 9.17) is 5.11 Å². The van der Waals surface area contributed by atoms with E-state index >= 15 is 0 Å². The fourth-order valence-corrected chi connectivity index (χ4v) is 0.320. The van der Waals surface area contributed by atoms with Gasteiger partial charge >= 0.3 is 6.09 Å². The number of hydrogen-bond acceptors (Lipinski definition) is 3. The van der Waals surface area contributed by atoms with Gasteiger partial charge in [0.1, 0.15) is 6.26 Å². The molecule has 8 heavy (non-hydrogen) atoms. The smallest absolute Gasteiger partial charge is 0.461 e. The topological polar surface area (TPSA) is 61.8 Å². The van der Waals surface area contributed by atoms with Crippen LogP contribution >= 0.6 is 0 Å². The van der Waals surface area contributed by atoms with Crippen LogP contribution < -0.4 is 5.43 Å². The van der Waals surface area contributed by atoms with Crippen LogP contribution in [0.2, 0.25) is 0 Å². The lowest BCUT2D eigenvalue weighted by Gasteiger charge is -2.07. The quantitative estimate of drug-likeness (QED) is 0.463. The van der Waals surface area contributed by atoms with Crippen LogP contribution in [0.5, 0.6) is 0 Å². The number of carbonyl (C=O) groups is 1.